The maximum atomic E-state index is 9.05. The lowest BCUT2D eigenvalue weighted by atomic mass is 9.85. The molecule has 0 aliphatic heterocycles. The van der Waals surface area contributed by atoms with E-state index in [1.165, 1.54) is 12.8 Å². The summed E-state index contributed by atoms with van der Waals surface area (Å²) in [6.45, 7) is 0. The number of hydrogen-bond acceptors (Lipinski definition) is 2. The van der Waals surface area contributed by atoms with Gasteiger partial charge in [-0.3, -0.25) is 0 Å². The smallest absolute Gasteiger partial charge is 0.0677 e. The Labute approximate surface area is 90.9 Å². The van der Waals surface area contributed by atoms with Crippen LogP contribution in [-0.2, 0) is 0 Å². The summed E-state index contributed by atoms with van der Waals surface area (Å²) in [5, 5.41) is 12.5. The molecule has 78 valence electrons. The number of rotatable bonds is 2. The minimum absolute atomic E-state index is 0.180. The molecular weight excluding hydrogens is 184 g/mol. The molecule has 1 aliphatic carbocycles. The van der Waals surface area contributed by atoms with Crippen molar-refractivity contribution in [3.05, 3.63) is 30.3 Å². The van der Waals surface area contributed by atoms with Gasteiger partial charge in [0.05, 0.1) is 12.0 Å². The fraction of sp³-hybridized carbons (Fsp3) is 0.462. The highest BCUT2D eigenvalue weighted by molar-refractivity contribution is 5.43. The molecule has 0 aromatic heterocycles. The van der Waals surface area contributed by atoms with Crippen molar-refractivity contribution >= 4 is 5.69 Å². The van der Waals surface area contributed by atoms with E-state index in [0.717, 1.165) is 18.5 Å². The van der Waals surface area contributed by atoms with Gasteiger partial charge in [-0.15, -0.1) is 0 Å². The first-order valence-electron chi connectivity index (χ1n) is 5.61. The maximum absolute atomic E-state index is 9.05. The van der Waals surface area contributed by atoms with Crippen LogP contribution in [0.2, 0.25) is 0 Å². The first-order chi connectivity index (χ1) is 7.40. The summed E-state index contributed by atoms with van der Waals surface area (Å²) in [6, 6.07) is 12.9. The summed E-state index contributed by atoms with van der Waals surface area (Å²) < 4.78 is 0. The zero-order valence-corrected chi connectivity index (χ0v) is 8.82. The molecule has 0 amide bonds. The highest BCUT2D eigenvalue weighted by Gasteiger charge is 2.24. The van der Waals surface area contributed by atoms with Crippen molar-refractivity contribution in [2.45, 2.75) is 31.7 Å². The Morgan fingerprint density at radius 1 is 1.13 bits per heavy atom. The lowest BCUT2D eigenvalue weighted by Gasteiger charge is -2.28. The van der Waals surface area contributed by atoms with E-state index >= 15 is 0 Å². The van der Waals surface area contributed by atoms with Gasteiger partial charge in [0, 0.05) is 11.7 Å². The first kappa shape index (κ1) is 10.0. The summed E-state index contributed by atoms with van der Waals surface area (Å²) in [6.07, 6.45) is 4.60. The molecular formula is C13H16N2. The average Bonchev–Trinajstić information content (AvgIpc) is 2.31. The van der Waals surface area contributed by atoms with Crippen LogP contribution in [0.5, 0.6) is 0 Å². The summed E-state index contributed by atoms with van der Waals surface area (Å²) >= 11 is 0. The SMILES string of the molecule is N#CC1CCCCC1Nc1ccccc1. The molecule has 0 bridgehead atoms. The van der Waals surface area contributed by atoms with E-state index in [9.17, 15) is 0 Å². The molecule has 2 heteroatoms. The van der Waals surface area contributed by atoms with Crippen LogP contribution in [0, 0.1) is 17.2 Å². The van der Waals surface area contributed by atoms with Crippen molar-refractivity contribution in [2.75, 3.05) is 5.32 Å². The normalized spacial score (nSPS) is 25.5. The molecule has 2 atom stereocenters. The van der Waals surface area contributed by atoms with Crippen LogP contribution in [0.1, 0.15) is 25.7 Å². The van der Waals surface area contributed by atoms with Crippen LogP contribution >= 0.6 is 0 Å². The molecule has 1 aromatic carbocycles. The molecule has 1 aliphatic rings. The van der Waals surface area contributed by atoms with Gasteiger partial charge in [-0.2, -0.15) is 5.26 Å². The zero-order valence-electron chi connectivity index (χ0n) is 8.82. The third-order valence-corrected chi connectivity index (χ3v) is 3.06. The van der Waals surface area contributed by atoms with E-state index in [2.05, 4.69) is 23.5 Å². The highest BCUT2D eigenvalue weighted by Crippen LogP contribution is 2.26. The Kier molecular flexibility index (Phi) is 3.24. The average molecular weight is 200 g/mol. The third kappa shape index (κ3) is 2.50. The number of benzene rings is 1. The zero-order chi connectivity index (χ0) is 10.5. The number of nitrogens with zero attached hydrogens (tertiary/aromatic N) is 1. The predicted molar refractivity (Wildman–Crippen MR) is 61.4 cm³/mol. The van der Waals surface area contributed by atoms with Gasteiger partial charge in [-0.1, -0.05) is 31.0 Å². The van der Waals surface area contributed by atoms with Gasteiger partial charge < -0.3 is 5.32 Å². The lowest BCUT2D eigenvalue weighted by Crippen LogP contribution is -2.31. The maximum Gasteiger partial charge on any atom is 0.0677 e. The molecule has 1 N–H and O–H groups in total. The molecule has 2 rings (SSSR count). The van der Waals surface area contributed by atoms with E-state index in [1.54, 1.807) is 0 Å². The van der Waals surface area contributed by atoms with Crippen molar-refractivity contribution < 1.29 is 0 Å². The molecule has 0 radical (unpaired) electrons. The Balaban J connectivity index is 2.01. The second kappa shape index (κ2) is 4.84. The van der Waals surface area contributed by atoms with E-state index in [4.69, 9.17) is 5.26 Å². The molecule has 0 spiro atoms. The number of nitriles is 1. The summed E-state index contributed by atoms with van der Waals surface area (Å²) in [7, 11) is 0. The number of hydrogen-bond donors (Lipinski definition) is 1. The van der Waals surface area contributed by atoms with Gasteiger partial charge >= 0.3 is 0 Å². The molecule has 2 unspecified atom stereocenters. The quantitative estimate of drug-likeness (QED) is 0.795. The number of nitrogens with one attached hydrogen (secondary N) is 1. The topological polar surface area (TPSA) is 35.8 Å². The first-order valence-corrected chi connectivity index (χ1v) is 5.61. The Bertz CT molecular complexity index is 339. The fourth-order valence-corrected chi connectivity index (χ4v) is 2.21. The lowest BCUT2D eigenvalue weighted by molar-refractivity contribution is 0.389. The highest BCUT2D eigenvalue weighted by atomic mass is 14.9. The Morgan fingerprint density at radius 2 is 1.87 bits per heavy atom. The van der Waals surface area contributed by atoms with Crippen molar-refractivity contribution in [1.29, 1.82) is 5.26 Å². The van der Waals surface area contributed by atoms with E-state index < -0.39 is 0 Å². The second-order valence-corrected chi connectivity index (χ2v) is 4.14. The van der Waals surface area contributed by atoms with Crippen LogP contribution in [-0.4, -0.2) is 6.04 Å². The van der Waals surface area contributed by atoms with Gasteiger partial charge in [0.2, 0.25) is 0 Å². The monoisotopic (exact) mass is 200 g/mol. The van der Waals surface area contributed by atoms with Crippen LogP contribution in [0.4, 0.5) is 5.69 Å². The standard InChI is InChI=1S/C13H16N2/c14-10-11-6-4-5-9-13(11)15-12-7-2-1-3-8-12/h1-3,7-8,11,13,15H,4-6,9H2. The molecule has 0 saturated heterocycles. The van der Waals surface area contributed by atoms with E-state index in [0.29, 0.717) is 6.04 Å². The van der Waals surface area contributed by atoms with Gasteiger partial charge in [0.1, 0.15) is 0 Å². The second-order valence-electron chi connectivity index (χ2n) is 4.14. The molecule has 0 heterocycles. The van der Waals surface area contributed by atoms with E-state index in [1.807, 2.05) is 18.2 Å². The molecule has 1 saturated carbocycles. The minimum atomic E-state index is 0.180. The summed E-state index contributed by atoms with van der Waals surface area (Å²) in [5.74, 6) is 0.180. The van der Waals surface area contributed by atoms with Crippen LogP contribution in [0.3, 0.4) is 0 Å². The van der Waals surface area contributed by atoms with Crippen LogP contribution in [0.25, 0.3) is 0 Å². The van der Waals surface area contributed by atoms with Crippen molar-refractivity contribution in [2.24, 2.45) is 5.92 Å². The summed E-state index contributed by atoms with van der Waals surface area (Å²) in [5.41, 5.74) is 1.13. The molecule has 15 heavy (non-hydrogen) atoms. The van der Waals surface area contributed by atoms with Crippen LogP contribution < -0.4 is 5.32 Å². The van der Waals surface area contributed by atoms with Gasteiger partial charge in [0.25, 0.3) is 0 Å². The van der Waals surface area contributed by atoms with Gasteiger partial charge in [-0.25, -0.2) is 0 Å². The Hall–Kier alpha value is -1.49. The van der Waals surface area contributed by atoms with Crippen LogP contribution in [0.15, 0.2) is 30.3 Å². The van der Waals surface area contributed by atoms with Gasteiger partial charge in [-0.05, 0) is 25.0 Å². The largest absolute Gasteiger partial charge is 0.381 e. The summed E-state index contributed by atoms with van der Waals surface area (Å²) in [4.78, 5) is 0. The number of para-hydroxylation sites is 1. The fourth-order valence-electron chi connectivity index (χ4n) is 2.21. The van der Waals surface area contributed by atoms with E-state index in [-0.39, 0.29) is 5.92 Å². The minimum Gasteiger partial charge on any atom is -0.381 e. The number of anilines is 1. The van der Waals surface area contributed by atoms with Crippen molar-refractivity contribution in [3.63, 3.8) is 0 Å². The third-order valence-electron chi connectivity index (χ3n) is 3.06. The van der Waals surface area contributed by atoms with Crippen molar-refractivity contribution in [3.8, 4) is 6.07 Å². The molecule has 2 nitrogen and oxygen atoms in total. The Morgan fingerprint density at radius 3 is 2.60 bits per heavy atom. The van der Waals surface area contributed by atoms with Crippen molar-refractivity contribution in [1.82, 2.24) is 0 Å². The van der Waals surface area contributed by atoms with Gasteiger partial charge in [0.15, 0.2) is 0 Å². The predicted octanol–water partition coefficient (Wildman–Crippen LogP) is 3.18. The molecule has 1 aromatic rings. The molecule has 1 fully saturated rings.